The van der Waals surface area contributed by atoms with Gasteiger partial charge >= 0.3 is 0 Å². The number of rotatable bonds is 7. The van der Waals surface area contributed by atoms with Gasteiger partial charge in [0, 0.05) is 11.8 Å². The Morgan fingerprint density at radius 3 is 2.41 bits per heavy atom. The summed E-state index contributed by atoms with van der Waals surface area (Å²) in [5, 5.41) is 3.70. The zero-order valence-corrected chi connectivity index (χ0v) is 16.0. The summed E-state index contributed by atoms with van der Waals surface area (Å²) in [6.45, 7) is -0.553. The number of nitrogens with zero attached hydrogens (tertiary/aromatic N) is 3. The molecule has 0 spiro atoms. The summed E-state index contributed by atoms with van der Waals surface area (Å²) in [5.41, 5.74) is 2.40. The summed E-state index contributed by atoms with van der Waals surface area (Å²) < 4.78 is 40.5. The highest BCUT2D eigenvalue weighted by molar-refractivity contribution is 7.92. The number of pyridine rings is 1. The minimum absolute atomic E-state index is 0.0216. The Labute approximate surface area is 167 Å². The van der Waals surface area contributed by atoms with E-state index >= 15 is 0 Å². The van der Waals surface area contributed by atoms with Crippen LogP contribution in [0.4, 0.5) is 10.2 Å². The standard InChI is InChI=1S/C20H17FN4O3S/c21-18-11-5-4-8-16(18)14-23-24-20(26)15-25(19-12-6-7-13-22-19)29(27,28)17-9-2-1-3-10-17/h1-14H,15H2,(H,24,26)/b23-14-. The van der Waals surface area contributed by atoms with Gasteiger partial charge in [0.1, 0.15) is 18.2 Å². The van der Waals surface area contributed by atoms with E-state index < -0.39 is 28.3 Å². The van der Waals surface area contributed by atoms with Crippen molar-refractivity contribution >= 4 is 28.0 Å². The predicted molar refractivity (Wildman–Crippen MR) is 107 cm³/mol. The fourth-order valence-corrected chi connectivity index (χ4v) is 3.83. The number of anilines is 1. The number of hydrazone groups is 1. The van der Waals surface area contributed by atoms with Crippen LogP contribution in [-0.2, 0) is 14.8 Å². The molecule has 1 amide bonds. The van der Waals surface area contributed by atoms with Gasteiger partial charge in [0.2, 0.25) is 0 Å². The zero-order chi connectivity index (χ0) is 20.7. The van der Waals surface area contributed by atoms with E-state index in [0.717, 1.165) is 10.5 Å². The minimum atomic E-state index is -4.03. The Bertz CT molecular complexity index is 1110. The van der Waals surface area contributed by atoms with Gasteiger partial charge in [0.25, 0.3) is 15.9 Å². The van der Waals surface area contributed by atoms with Crippen molar-refractivity contribution in [1.29, 1.82) is 0 Å². The average Bonchev–Trinajstić information content (AvgIpc) is 2.74. The van der Waals surface area contributed by atoms with Crippen LogP contribution in [0.3, 0.4) is 0 Å². The second-order valence-corrected chi connectivity index (χ2v) is 7.69. The van der Waals surface area contributed by atoms with Crippen molar-refractivity contribution in [3.05, 3.63) is 90.4 Å². The number of nitrogens with one attached hydrogen (secondary N) is 1. The number of aromatic nitrogens is 1. The molecule has 0 fully saturated rings. The van der Waals surface area contributed by atoms with Gasteiger partial charge in [-0.25, -0.2) is 27.5 Å². The van der Waals surface area contributed by atoms with Crippen LogP contribution in [0.2, 0.25) is 0 Å². The number of hydrogen-bond donors (Lipinski definition) is 1. The molecule has 0 aliphatic rings. The molecule has 0 saturated carbocycles. The molecule has 3 rings (SSSR count). The quantitative estimate of drug-likeness (QED) is 0.477. The fraction of sp³-hybridized carbons (Fsp3) is 0.0500. The smallest absolute Gasteiger partial charge is 0.265 e. The van der Waals surface area contributed by atoms with E-state index in [4.69, 9.17) is 0 Å². The molecule has 148 valence electrons. The topological polar surface area (TPSA) is 91.7 Å². The molecular formula is C20H17FN4O3S. The monoisotopic (exact) mass is 412 g/mol. The summed E-state index contributed by atoms with van der Waals surface area (Å²) in [4.78, 5) is 16.4. The molecule has 1 heterocycles. The van der Waals surface area contributed by atoms with Crippen LogP contribution in [0.5, 0.6) is 0 Å². The third kappa shape index (κ3) is 5.02. The number of sulfonamides is 1. The van der Waals surface area contributed by atoms with Gasteiger partial charge in [-0.15, -0.1) is 0 Å². The third-order valence-electron chi connectivity index (χ3n) is 3.82. The first-order valence-electron chi connectivity index (χ1n) is 8.54. The van der Waals surface area contributed by atoms with Gasteiger partial charge in [-0.05, 0) is 30.3 Å². The van der Waals surface area contributed by atoms with Crippen molar-refractivity contribution in [3.63, 3.8) is 0 Å². The van der Waals surface area contributed by atoms with Crippen LogP contribution < -0.4 is 9.73 Å². The highest BCUT2D eigenvalue weighted by Gasteiger charge is 2.27. The van der Waals surface area contributed by atoms with E-state index in [1.165, 1.54) is 42.6 Å². The zero-order valence-electron chi connectivity index (χ0n) is 15.1. The molecule has 9 heteroatoms. The molecule has 0 aliphatic carbocycles. The number of benzene rings is 2. The number of halogens is 1. The molecule has 0 atom stereocenters. The van der Waals surface area contributed by atoms with Crippen LogP contribution >= 0.6 is 0 Å². The van der Waals surface area contributed by atoms with E-state index in [-0.39, 0.29) is 16.3 Å². The van der Waals surface area contributed by atoms with Crippen LogP contribution in [0.1, 0.15) is 5.56 Å². The molecule has 1 N–H and O–H groups in total. The lowest BCUT2D eigenvalue weighted by molar-refractivity contribution is -0.119. The summed E-state index contributed by atoms with van der Waals surface area (Å²) in [7, 11) is -4.03. The number of hydrogen-bond acceptors (Lipinski definition) is 5. The molecule has 1 aromatic heterocycles. The first-order chi connectivity index (χ1) is 14.0. The van der Waals surface area contributed by atoms with Crippen molar-refractivity contribution in [3.8, 4) is 0 Å². The molecule has 3 aromatic rings. The predicted octanol–water partition coefficient (Wildman–Crippen LogP) is 2.57. The third-order valence-corrected chi connectivity index (χ3v) is 5.59. The molecule has 0 aliphatic heterocycles. The second kappa shape index (κ2) is 9.07. The molecule has 0 radical (unpaired) electrons. The van der Waals surface area contributed by atoms with E-state index in [1.54, 1.807) is 36.4 Å². The fourth-order valence-electron chi connectivity index (χ4n) is 2.43. The van der Waals surface area contributed by atoms with E-state index in [0.29, 0.717) is 0 Å². The minimum Gasteiger partial charge on any atom is -0.271 e. The van der Waals surface area contributed by atoms with Crippen LogP contribution in [0.25, 0.3) is 0 Å². The highest BCUT2D eigenvalue weighted by Crippen LogP contribution is 2.21. The number of amides is 1. The number of carbonyl (C=O) groups is 1. The van der Waals surface area contributed by atoms with Gasteiger partial charge < -0.3 is 0 Å². The largest absolute Gasteiger partial charge is 0.271 e. The first kappa shape index (κ1) is 20.2. The van der Waals surface area contributed by atoms with E-state index in [9.17, 15) is 17.6 Å². The Kier molecular flexibility index (Phi) is 6.30. The van der Waals surface area contributed by atoms with Crippen molar-refractivity contribution in [2.24, 2.45) is 5.10 Å². The maximum atomic E-state index is 13.6. The summed E-state index contributed by atoms with van der Waals surface area (Å²) in [5.74, 6) is -1.11. The van der Waals surface area contributed by atoms with Gasteiger partial charge in [0.15, 0.2) is 0 Å². The Morgan fingerprint density at radius 2 is 1.72 bits per heavy atom. The molecule has 29 heavy (non-hydrogen) atoms. The van der Waals surface area contributed by atoms with Gasteiger partial charge in [-0.1, -0.05) is 42.5 Å². The highest BCUT2D eigenvalue weighted by atomic mass is 32.2. The maximum absolute atomic E-state index is 13.6. The normalized spacial score (nSPS) is 11.3. The molecule has 2 aromatic carbocycles. The molecular weight excluding hydrogens is 395 g/mol. The van der Waals surface area contributed by atoms with Crippen LogP contribution in [0.15, 0.2) is 89.0 Å². The molecule has 0 bridgehead atoms. The Morgan fingerprint density at radius 1 is 1.03 bits per heavy atom. The van der Waals surface area contributed by atoms with Crippen molar-refractivity contribution in [1.82, 2.24) is 10.4 Å². The van der Waals surface area contributed by atoms with Gasteiger partial charge in [-0.2, -0.15) is 5.10 Å². The van der Waals surface area contributed by atoms with Gasteiger partial charge in [0.05, 0.1) is 11.1 Å². The van der Waals surface area contributed by atoms with Gasteiger partial charge in [-0.3, -0.25) is 4.79 Å². The van der Waals surface area contributed by atoms with Crippen molar-refractivity contribution in [2.75, 3.05) is 10.8 Å². The summed E-state index contributed by atoms with van der Waals surface area (Å²) in [6.07, 6.45) is 2.57. The SMILES string of the molecule is O=C(CN(c1ccccn1)S(=O)(=O)c1ccccc1)N/N=C\c1ccccc1F. The Balaban J connectivity index is 1.81. The Hall–Kier alpha value is -3.59. The first-order valence-corrected chi connectivity index (χ1v) is 9.98. The molecule has 7 nitrogen and oxygen atoms in total. The average molecular weight is 412 g/mol. The van der Waals surface area contributed by atoms with Crippen LogP contribution in [-0.4, -0.2) is 32.1 Å². The molecule has 0 saturated heterocycles. The van der Waals surface area contributed by atoms with E-state index in [1.807, 2.05) is 0 Å². The van der Waals surface area contributed by atoms with Crippen molar-refractivity contribution < 1.29 is 17.6 Å². The van der Waals surface area contributed by atoms with Crippen molar-refractivity contribution in [2.45, 2.75) is 4.90 Å². The second-order valence-electron chi connectivity index (χ2n) is 5.83. The summed E-state index contributed by atoms with van der Waals surface area (Å²) in [6, 6.07) is 18.4. The van der Waals surface area contributed by atoms with Crippen LogP contribution in [0, 0.1) is 5.82 Å². The number of carbonyl (C=O) groups excluding carboxylic acids is 1. The summed E-state index contributed by atoms with van der Waals surface area (Å²) >= 11 is 0. The molecule has 0 unspecified atom stereocenters. The maximum Gasteiger partial charge on any atom is 0.265 e. The lowest BCUT2D eigenvalue weighted by atomic mass is 10.2. The lowest BCUT2D eigenvalue weighted by Crippen LogP contribution is -2.40. The lowest BCUT2D eigenvalue weighted by Gasteiger charge is -2.22. The van der Waals surface area contributed by atoms with E-state index in [2.05, 4.69) is 15.5 Å².